The Labute approximate surface area is 103 Å². The molecule has 0 aliphatic heterocycles. The zero-order chi connectivity index (χ0) is 12.3. The fraction of sp³-hybridized carbons (Fsp3) is 0.0833. The monoisotopic (exact) mass is 250 g/mol. The van der Waals surface area contributed by atoms with E-state index in [1.807, 2.05) is 6.07 Å². The highest BCUT2D eigenvalue weighted by molar-refractivity contribution is 7.99. The molecule has 0 aliphatic carbocycles. The second kappa shape index (κ2) is 5.05. The summed E-state index contributed by atoms with van der Waals surface area (Å²) in [7, 11) is 1.51. The third-order valence-electron chi connectivity index (χ3n) is 2.08. The van der Waals surface area contributed by atoms with Crippen LogP contribution in [0, 0.1) is 5.82 Å². The fourth-order valence-electron chi connectivity index (χ4n) is 1.31. The summed E-state index contributed by atoms with van der Waals surface area (Å²) in [6.07, 6.45) is 0. The molecule has 0 atom stereocenters. The minimum atomic E-state index is -0.266. The van der Waals surface area contributed by atoms with Gasteiger partial charge >= 0.3 is 0 Å². The molecule has 0 unspecified atom stereocenters. The van der Waals surface area contributed by atoms with E-state index in [0.717, 1.165) is 4.90 Å². The van der Waals surface area contributed by atoms with Gasteiger partial charge in [-0.25, -0.2) is 9.37 Å². The van der Waals surface area contributed by atoms with Gasteiger partial charge in [0.1, 0.15) is 10.8 Å². The molecule has 0 aliphatic rings. The molecule has 0 radical (unpaired) electrons. The van der Waals surface area contributed by atoms with Gasteiger partial charge in [-0.15, -0.1) is 0 Å². The smallest absolute Gasteiger partial charge is 0.237 e. The molecule has 1 aromatic carbocycles. The SMILES string of the molecule is COc1nc(Sc2cccc(F)c2)ccc1N. The lowest BCUT2D eigenvalue weighted by Crippen LogP contribution is -1.95. The van der Waals surface area contributed by atoms with E-state index in [0.29, 0.717) is 16.6 Å². The summed E-state index contributed by atoms with van der Waals surface area (Å²) in [5.41, 5.74) is 6.14. The topological polar surface area (TPSA) is 48.1 Å². The Morgan fingerprint density at radius 1 is 1.29 bits per heavy atom. The molecule has 0 amide bonds. The van der Waals surface area contributed by atoms with Gasteiger partial charge in [-0.2, -0.15) is 0 Å². The summed E-state index contributed by atoms with van der Waals surface area (Å²) in [4.78, 5) is 4.99. The van der Waals surface area contributed by atoms with Crippen LogP contribution in [0.3, 0.4) is 0 Å². The van der Waals surface area contributed by atoms with Crippen molar-refractivity contribution >= 4 is 17.4 Å². The second-order valence-electron chi connectivity index (χ2n) is 3.31. The van der Waals surface area contributed by atoms with Gasteiger partial charge in [0.25, 0.3) is 0 Å². The predicted molar refractivity (Wildman–Crippen MR) is 65.7 cm³/mol. The van der Waals surface area contributed by atoms with Crippen molar-refractivity contribution in [3.05, 3.63) is 42.2 Å². The van der Waals surface area contributed by atoms with E-state index in [4.69, 9.17) is 10.5 Å². The van der Waals surface area contributed by atoms with Crippen LogP contribution < -0.4 is 10.5 Å². The van der Waals surface area contributed by atoms with Crippen LogP contribution in [0.1, 0.15) is 0 Å². The maximum atomic E-state index is 13.0. The average Bonchev–Trinajstić information content (AvgIpc) is 2.32. The van der Waals surface area contributed by atoms with Gasteiger partial charge in [0.15, 0.2) is 0 Å². The van der Waals surface area contributed by atoms with Gasteiger partial charge in [-0.1, -0.05) is 17.8 Å². The van der Waals surface area contributed by atoms with Crippen molar-refractivity contribution in [1.29, 1.82) is 0 Å². The van der Waals surface area contributed by atoms with E-state index >= 15 is 0 Å². The standard InChI is InChI=1S/C12H11FN2OS/c1-16-12-10(14)5-6-11(15-12)17-9-4-2-3-8(13)7-9/h2-7H,14H2,1H3. The zero-order valence-electron chi connectivity index (χ0n) is 9.18. The van der Waals surface area contributed by atoms with Gasteiger partial charge in [0.05, 0.1) is 12.8 Å². The molecule has 2 N–H and O–H groups in total. The maximum Gasteiger partial charge on any atom is 0.237 e. The third kappa shape index (κ3) is 2.88. The van der Waals surface area contributed by atoms with Gasteiger partial charge < -0.3 is 10.5 Å². The van der Waals surface area contributed by atoms with Crippen molar-refractivity contribution < 1.29 is 9.13 Å². The number of benzene rings is 1. The molecule has 88 valence electrons. The van der Waals surface area contributed by atoms with Crippen molar-refractivity contribution in [1.82, 2.24) is 4.98 Å². The highest BCUT2D eigenvalue weighted by Crippen LogP contribution is 2.29. The third-order valence-corrected chi connectivity index (χ3v) is 3.00. The van der Waals surface area contributed by atoms with Gasteiger partial charge in [0, 0.05) is 4.90 Å². The Hall–Kier alpha value is -1.75. The predicted octanol–water partition coefficient (Wildman–Crippen LogP) is 2.96. The Bertz CT molecular complexity index is 534. The van der Waals surface area contributed by atoms with Crippen LogP contribution in [0.2, 0.25) is 0 Å². The van der Waals surface area contributed by atoms with E-state index in [1.54, 1.807) is 18.2 Å². The summed E-state index contributed by atoms with van der Waals surface area (Å²) in [5, 5.41) is 0.710. The van der Waals surface area contributed by atoms with Crippen molar-refractivity contribution in [3.8, 4) is 5.88 Å². The Kier molecular flexibility index (Phi) is 3.49. The van der Waals surface area contributed by atoms with Gasteiger partial charge in [-0.3, -0.25) is 0 Å². The van der Waals surface area contributed by atoms with Crippen molar-refractivity contribution in [3.63, 3.8) is 0 Å². The minimum Gasteiger partial charge on any atom is -0.480 e. The first-order valence-electron chi connectivity index (χ1n) is 4.93. The summed E-state index contributed by atoms with van der Waals surface area (Å²) in [5.74, 6) is 0.115. The number of methoxy groups -OCH3 is 1. The molecule has 0 bridgehead atoms. The first kappa shape index (κ1) is 11.7. The quantitative estimate of drug-likeness (QED) is 0.909. The van der Waals surface area contributed by atoms with Crippen molar-refractivity contribution in [2.45, 2.75) is 9.92 Å². The lowest BCUT2D eigenvalue weighted by atomic mass is 10.4. The number of nitrogen functional groups attached to an aromatic ring is 1. The summed E-state index contributed by atoms with van der Waals surface area (Å²) >= 11 is 1.35. The summed E-state index contributed by atoms with van der Waals surface area (Å²) in [6, 6.07) is 9.82. The molecular weight excluding hydrogens is 239 g/mol. The molecule has 1 aromatic heterocycles. The molecule has 0 fully saturated rings. The van der Waals surface area contributed by atoms with Crippen molar-refractivity contribution in [2.75, 3.05) is 12.8 Å². The molecular formula is C12H11FN2OS. The molecule has 0 saturated carbocycles. The van der Waals surface area contributed by atoms with Crippen LogP contribution >= 0.6 is 11.8 Å². The molecule has 5 heteroatoms. The van der Waals surface area contributed by atoms with E-state index in [9.17, 15) is 4.39 Å². The van der Waals surface area contributed by atoms with Crippen LogP contribution in [0.5, 0.6) is 5.88 Å². The van der Waals surface area contributed by atoms with Gasteiger partial charge in [0.2, 0.25) is 5.88 Å². The molecule has 17 heavy (non-hydrogen) atoms. The number of hydrogen-bond acceptors (Lipinski definition) is 4. The number of nitrogens with two attached hydrogens (primary N) is 1. The number of pyridine rings is 1. The Balaban J connectivity index is 2.24. The van der Waals surface area contributed by atoms with E-state index in [1.165, 1.54) is 31.0 Å². The second-order valence-corrected chi connectivity index (χ2v) is 4.40. The van der Waals surface area contributed by atoms with Crippen LogP contribution in [0.25, 0.3) is 0 Å². The van der Waals surface area contributed by atoms with Crippen LogP contribution in [-0.4, -0.2) is 12.1 Å². The number of anilines is 1. The van der Waals surface area contributed by atoms with E-state index in [2.05, 4.69) is 4.98 Å². The maximum absolute atomic E-state index is 13.0. The van der Waals surface area contributed by atoms with Gasteiger partial charge in [-0.05, 0) is 30.3 Å². The Morgan fingerprint density at radius 2 is 2.12 bits per heavy atom. The molecule has 2 aromatic rings. The average molecular weight is 250 g/mol. The van der Waals surface area contributed by atoms with Crippen molar-refractivity contribution in [2.24, 2.45) is 0 Å². The molecule has 2 rings (SSSR count). The minimum absolute atomic E-state index is 0.266. The lowest BCUT2D eigenvalue weighted by molar-refractivity contribution is 0.397. The molecule has 3 nitrogen and oxygen atoms in total. The number of aromatic nitrogens is 1. The Morgan fingerprint density at radius 3 is 2.82 bits per heavy atom. The van der Waals surface area contributed by atoms with Crippen LogP contribution in [0.15, 0.2) is 46.3 Å². The summed E-state index contributed by atoms with van der Waals surface area (Å²) in [6.45, 7) is 0. The lowest BCUT2D eigenvalue weighted by Gasteiger charge is -2.05. The largest absolute Gasteiger partial charge is 0.480 e. The van der Waals surface area contributed by atoms with E-state index < -0.39 is 0 Å². The van der Waals surface area contributed by atoms with Crippen LogP contribution in [-0.2, 0) is 0 Å². The normalized spacial score (nSPS) is 10.2. The first-order valence-corrected chi connectivity index (χ1v) is 5.74. The number of rotatable bonds is 3. The first-order chi connectivity index (χ1) is 8.19. The number of nitrogens with zero attached hydrogens (tertiary/aromatic N) is 1. The molecule has 0 spiro atoms. The fourth-order valence-corrected chi connectivity index (χ4v) is 2.13. The van der Waals surface area contributed by atoms with Crippen LogP contribution in [0.4, 0.5) is 10.1 Å². The summed E-state index contributed by atoms with van der Waals surface area (Å²) < 4.78 is 18.0. The van der Waals surface area contributed by atoms with E-state index in [-0.39, 0.29) is 5.82 Å². The molecule has 0 saturated heterocycles. The zero-order valence-corrected chi connectivity index (χ0v) is 10.00. The number of ether oxygens (including phenoxy) is 1. The highest BCUT2D eigenvalue weighted by atomic mass is 32.2. The molecule has 1 heterocycles. The highest BCUT2D eigenvalue weighted by Gasteiger charge is 2.05. The number of hydrogen-bond donors (Lipinski definition) is 1. The number of halogens is 1.